The van der Waals surface area contributed by atoms with E-state index >= 15 is 0 Å². The van der Waals surface area contributed by atoms with E-state index in [1.165, 1.54) is 0 Å². The molecular formula is C7H11BrO3. The van der Waals surface area contributed by atoms with Crippen molar-refractivity contribution >= 4 is 15.9 Å². The fourth-order valence-electron chi connectivity index (χ4n) is 0.794. The van der Waals surface area contributed by atoms with Gasteiger partial charge in [-0.3, -0.25) is 0 Å². The third-order valence-corrected chi connectivity index (χ3v) is 1.61. The number of alkyl halides is 1. The predicted molar refractivity (Wildman–Crippen MR) is 44.6 cm³/mol. The van der Waals surface area contributed by atoms with Gasteiger partial charge in [-0.05, 0) is 12.2 Å². The van der Waals surface area contributed by atoms with E-state index in [0.717, 1.165) is 5.33 Å². The van der Waals surface area contributed by atoms with Gasteiger partial charge in [-0.25, -0.2) is 0 Å². The third-order valence-electron chi connectivity index (χ3n) is 1.29. The molecule has 0 amide bonds. The van der Waals surface area contributed by atoms with Gasteiger partial charge in [0.15, 0.2) is 12.6 Å². The van der Waals surface area contributed by atoms with Crippen molar-refractivity contribution in [3.05, 3.63) is 12.2 Å². The molecule has 0 aliphatic carbocycles. The van der Waals surface area contributed by atoms with Crippen molar-refractivity contribution < 1.29 is 14.2 Å². The Morgan fingerprint density at radius 3 is 2.73 bits per heavy atom. The van der Waals surface area contributed by atoms with Gasteiger partial charge >= 0.3 is 0 Å². The first-order valence-corrected chi connectivity index (χ1v) is 4.53. The Morgan fingerprint density at radius 1 is 1.45 bits per heavy atom. The summed E-state index contributed by atoms with van der Waals surface area (Å²) in [7, 11) is 1.60. The zero-order chi connectivity index (χ0) is 8.10. The number of hydrogen-bond acceptors (Lipinski definition) is 3. The monoisotopic (exact) mass is 222 g/mol. The minimum atomic E-state index is -0.240. The average molecular weight is 223 g/mol. The molecule has 0 unspecified atom stereocenters. The molecule has 0 spiro atoms. The van der Waals surface area contributed by atoms with Gasteiger partial charge in [0.25, 0.3) is 0 Å². The van der Waals surface area contributed by atoms with Crippen LogP contribution >= 0.6 is 15.9 Å². The zero-order valence-electron chi connectivity index (χ0n) is 6.33. The standard InChI is InChI=1S/C7H11BrO3/c1-9-6-2-3-7(11-6)10-5-4-8/h2-3,6-7H,4-5H2,1H3/t6-,7-/m1/s1. The summed E-state index contributed by atoms with van der Waals surface area (Å²) < 4.78 is 15.4. The molecule has 1 aliphatic rings. The van der Waals surface area contributed by atoms with Crippen molar-refractivity contribution in [2.75, 3.05) is 19.0 Å². The highest BCUT2D eigenvalue weighted by molar-refractivity contribution is 9.09. The average Bonchev–Trinajstić information content (AvgIpc) is 2.48. The fraction of sp³-hybridized carbons (Fsp3) is 0.714. The van der Waals surface area contributed by atoms with Crippen LogP contribution < -0.4 is 0 Å². The molecule has 0 saturated heterocycles. The van der Waals surface area contributed by atoms with Crippen molar-refractivity contribution in [2.45, 2.75) is 12.6 Å². The van der Waals surface area contributed by atoms with Gasteiger partial charge in [0.1, 0.15) is 0 Å². The van der Waals surface area contributed by atoms with Crippen molar-refractivity contribution in [1.29, 1.82) is 0 Å². The molecule has 0 saturated carbocycles. The van der Waals surface area contributed by atoms with Crippen LogP contribution in [0, 0.1) is 0 Å². The highest BCUT2D eigenvalue weighted by Crippen LogP contribution is 2.12. The fourth-order valence-corrected chi connectivity index (χ4v) is 0.981. The van der Waals surface area contributed by atoms with Crippen molar-refractivity contribution in [2.24, 2.45) is 0 Å². The summed E-state index contributed by atoms with van der Waals surface area (Å²) in [5.74, 6) is 0. The van der Waals surface area contributed by atoms with Gasteiger partial charge < -0.3 is 14.2 Å². The Labute approximate surface area is 74.4 Å². The van der Waals surface area contributed by atoms with E-state index in [1.54, 1.807) is 7.11 Å². The summed E-state index contributed by atoms with van der Waals surface area (Å²) in [4.78, 5) is 0. The van der Waals surface area contributed by atoms with Crippen LogP contribution in [-0.4, -0.2) is 31.6 Å². The van der Waals surface area contributed by atoms with Crippen LogP contribution in [0.2, 0.25) is 0 Å². The Bertz CT molecular complexity index is 138. The van der Waals surface area contributed by atoms with E-state index in [9.17, 15) is 0 Å². The summed E-state index contributed by atoms with van der Waals surface area (Å²) in [5.41, 5.74) is 0. The Kier molecular flexibility index (Phi) is 4.07. The number of rotatable bonds is 4. The SMILES string of the molecule is CO[C@H]1C=C[C@H](OCCBr)O1. The molecule has 0 aromatic rings. The molecule has 1 aliphatic heterocycles. The van der Waals surface area contributed by atoms with Crippen LogP contribution in [0.1, 0.15) is 0 Å². The number of ether oxygens (including phenoxy) is 3. The third kappa shape index (κ3) is 2.91. The lowest BCUT2D eigenvalue weighted by Gasteiger charge is -2.12. The molecule has 0 N–H and O–H groups in total. The molecule has 3 nitrogen and oxygen atoms in total. The summed E-state index contributed by atoms with van der Waals surface area (Å²) in [6, 6.07) is 0. The summed E-state index contributed by atoms with van der Waals surface area (Å²) in [6.07, 6.45) is 3.20. The summed E-state index contributed by atoms with van der Waals surface area (Å²) in [6.45, 7) is 0.644. The van der Waals surface area contributed by atoms with E-state index < -0.39 is 0 Å². The highest BCUT2D eigenvalue weighted by Gasteiger charge is 2.17. The summed E-state index contributed by atoms with van der Waals surface area (Å²) >= 11 is 3.25. The minimum absolute atomic E-state index is 0.238. The maximum atomic E-state index is 5.25. The van der Waals surface area contributed by atoms with Crippen LogP contribution in [0.25, 0.3) is 0 Å². The lowest BCUT2D eigenvalue weighted by atomic mass is 10.5. The molecule has 11 heavy (non-hydrogen) atoms. The second-order valence-corrected chi connectivity index (χ2v) is 2.85. The van der Waals surface area contributed by atoms with Crippen molar-refractivity contribution in [1.82, 2.24) is 0 Å². The molecule has 0 bridgehead atoms. The number of halogens is 1. The Balaban J connectivity index is 2.15. The topological polar surface area (TPSA) is 27.7 Å². The van der Waals surface area contributed by atoms with E-state index in [4.69, 9.17) is 14.2 Å². The molecule has 4 heteroatoms. The highest BCUT2D eigenvalue weighted by atomic mass is 79.9. The number of methoxy groups -OCH3 is 1. The molecule has 1 heterocycles. The van der Waals surface area contributed by atoms with Crippen molar-refractivity contribution in [3.8, 4) is 0 Å². The molecule has 2 atom stereocenters. The smallest absolute Gasteiger partial charge is 0.180 e. The molecule has 0 fully saturated rings. The maximum Gasteiger partial charge on any atom is 0.180 e. The van der Waals surface area contributed by atoms with E-state index in [-0.39, 0.29) is 12.6 Å². The van der Waals surface area contributed by atoms with Gasteiger partial charge in [0, 0.05) is 12.4 Å². The van der Waals surface area contributed by atoms with E-state index in [1.807, 2.05) is 12.2 Å². The number of hydrogen-bond donors (Lipinski definition) is 0. The first-order valence-electron chi connectivity index (χ1n) is 3.41. The van der Waals surface area contributed by atoms with Gasteiger partial charge in [0.05, 0.1) is 6.61 Å². The van der Waals surface area contributed by atoms with Gasteiger partial charge in [-0.15, -0.1) is 0 Å². The Morgan fingerprint density at radius 2 is 2.18 bits per heavy atom. The van der Waals surface area contributed by atoms with Crippen LogP contribution in [0.4, 0.5) is 0 Å². The maximum absolute atomic E-state index is 5.25. The van der Waals surface area contributed by atoms with Crippen LogP contribution in [0.5, 0.6) is 0 Å². The molecule has 0 aromatic carbocycles. The van der Waals surface area contributed by atoms with E-state index in [2.05, 4.69) is 15.9 Å². The van der Waals surface area contributed by atoms with Gasteiger partial charge in [-0.1, -0.05) is 15.9 Å². The van der Waals surface area contributed by atoms with E-state index in [0.29, 0.717) is 6.61 Å². The first-order chi connectivity index (χ1) is 5.36. The quantitative estimate of drug-likeness (QED) is 0.530. The second-order valence-electron chi connectivity index (χ2n) is 2.05. The molecular weight excluding hydrogens is 212 g/mol. The molecule has 0 aromatic heterocycles. The summed E-state index contributed by atoms with van der Waals surface area (Å²) in [5, 5.41) is 0.818. The predicted octanol–water partition coefficient (Wildman–Crippen LogP) is 1.28. The minimum Gasteiger partial charge on any atom is -0.352 e. The van der Waals surface area contributed by atoms with Gasteiger partial charge in [-0.2, -0.15) is 0 Å². The second kappa shape index (κ2) is 4.87. The molecule has 1 rings (SSSR count). The van der Waals surface area contributed by atoms with Crippen LogP contribution in [0.15, 0.2) is 12.2 Å². The normalized spacial score (nSPS) is 29.6. The lowest BCUT2D eigenvalue weighted by Crippen LogP contribution is -2.17. The first kappa shape index (κ1) is 9.19. The zero-order valence-corrected chi connectivity index (χ0v) is 7.91. The Hall–Kier alpha value is 0.1000. The largest absolute Gasteiger partial charge is 0.352 e. The van der Waals surface area contributed by atoms with Crippen molar-refractivity contribution in [3.63, 3.8) is 0 Å². The van der Waals surface area contributed by atoms with Crippen LogP contribution in [0.3, 0.4) is 0 Å². The molecule has 0 radical (unpaired) electrons. The lowest BCUT2D eigenvalue weighted by molar-refractivity contribution is -0.181. The van der Waals surface area contributed by atoms with Gasteiger partial charge in [0.2, 0.25) is 0 Å². The van der Waals surface area contributed by atoms with Crippen LogP contribution in [-0.2, 0) is 14.2 Å². The molecule has 64 valence electrons.